The Morgan fingerprint density at radius 2 is 2.09 bits per heavy atom. The Bertz CT molecular complexity index is 474. The van der Waals surface area contributed by atoms with Crippen LogP contribution in [0.3, 0.4) is 0 Å². The van der Waals surface area contributed by atoms with Gasteiger partial charge in [0.05, 0.1) is 12.3 Å². The van der Waals surface area contributed by atoms with Gasteiger partial charge in [0.15, 0.2) is 0 Å². The fraction of sp³-hybridized carbons (Fsp3) is 0.929. The van der Waals surface area contributed by atoms with Crippen LogP contribution in [-0.2, 0) is 19.5 Å². The summed E-state index contributed by atoms with van der Waals surface area (Å²) in [4.78, 5) is 12.7. The van der Waals surface area contributed by atoms with Crippen LogP contribution in [-0.4, -0.2) is 65.1 Å². The summed E-state index contributed by atoms with van der Waals surface area (Å²) in [5.41, 5.74) is 0.0235. The molecule has 0 spiro atoms. The van der Waals surface area contributed by atoms with Crippen molar-refractivity contribution in [3.05, 3.63) is 0 Å². The zero-order valence-corrected chi connectivity index (χ0v) is 14.0. The SMILES string of the molecule is COCCC1(CNS(=O)(=O)CCN2CCOC2=O)CCCC1. The summed E-state index contributed by atoms with van der Waals surface area (Å²) in [6.07, 6.45) is 4.82. The minimum atomic E-state index is -3.38. The third-order valence-corrected chi connectivity index (χ3v) is 5.95. The summed E-state index contributed by atoms with van der Waals surface area (Å²) in [5, 5.41) is 0. The molecule has 1 heterocycles. The van der Waals surface area contributed by atoms with Gasteiger partial charge in [0.25, 0.3) is 0 Å². The predicted molar refractivity (Wildman–Crippen MR) is 82.1 cm³/mol. The van der Waals surface area contributed by atoms with Gasteiger partial charge in [0, 0.05) is 26.8 Å². The molecule has 1 saturated heterocycles. The highest BCUT2D eigenvalue weighted by atomic mass is 32.2. The van der Waals surface area contributed by atoms with E-state index in [2.05, 4.69) is 4.72 Å². The Kier molecular flexibility index (Phi) is 6.05. The van der Waals surface area contributed by atoms with Crippen molar-refractivity contribution in [2.45, 2.75) is 32.1 Å². The molecule has 22 heavy (non-hydrogen) atoms. The Balaban J connectivity index is 1.81. The Morgan fingerprint density at radius 3 is 2.68 bits per heavy atom. The number of amides is 1. The van der Waals surface area contributed by atoms with Gasteiger partial charge in [-0.3, -0.25) is 0 Å². The van der Waals surface area contributed by atoms with Gasteiger partial charge >= 0.3 is 6.09 Å². The summed E-state index contributed by atoms with van der Waals surface area (Å²) in [6.45, 7) is 2.10. The number of hydrogen-bond acceptors (Lipinski definition) is 5. The Morgan fingerprint density at radius 1 is 1.36 bits per heavy atom. The maximum atomic E-state index is 12.1. The maximum Gasteiger partial charge on any atom is 0.409 e. The van der Waals surface area contributed by atoms with Gasteiger partial charge < -0.3 is 14.4 Å². The molecule has 2 rings (SSSR count). The molecule has 0 unspecified atom stereocenters. The minimum Gasteiger partial charge on any atom is -0.448 e. The molecule has 7 nitrogen and oxygen atoms in total. The molecule has 1 amide bonds. The summed E-state index contributed by atoms with van der Waals surface area (Å²) in [7, 11) is -1.71. The molecule has 1 aliphatic carbocycles. The van der Waals surface area contributed by atoms with Gasteiger partial charge in [-0.15, -0.1) is 0 Å². The number of carbonyl (C=O) groups excluding carboxylic acids is 1. The zero-order chi connectivity index (χ0) is 16.1. The lowest BCUT2D eigenvalue weighted by molar-refractivity contribution is 0.138. The lowest BCUT2D eigenvalue weighted by Crippen LogP contribution is -2.40. The van der Waals surface area contributed by atoms with Crippen LogP contribution in [0.5, 0.6) is 0 Å². The van der Waals surface area contributed by atoms with Crippen LogP contribution in [0.15, 0.2) is 0 Å². The molecule has 2 fully saturated rings. The second kappa shape index (κ2) is 7.61. The number of methoxy groups -OCH3 is 1. The van der Waals surface area contributed by atoms with Crippen molar-refractivity contribution in [2.75, 3.05) is 45.7 Å². The van der Waals surface area contributed by atoms with Gasteiger partial charge in [0.1, 0.15) is 6.61 Å². The third-order valence-electron chi connectivity index (χ3n) is 4.64. The van der Waals surface area contributed by atoms with E-state index in [0.717, 1.165) is 32.1 Å². The molecule has 8 heteroatoms. The minimum absolute atomic E-state index is 0.0235. The standard InChI is InChI=1S/C14H26N2O5S/c1-20-9-6-14(4-2-3-5-14)12-15-22(18,19)11-8-16-7-10-21-13(16)17/h15H,2-12H2,1H3. The first-order valence-corrected chi connectivity index (χ1v) is 9.50. The van der Waals surface area contributed by atoms with Crippen molar-refractivity contribution in [3.8, 4) is 0 Å². The fourth-order valence-corrected chi connectivity index (χ4v) is 4.28. The lowest BCUT2D eigenvalue weighted by atomic mass is 9.83. The molecular weight excluding hydrogens is 308 g/mol. The average molecular weight is 334 g/mol. The van der Waals surface area contributed by atoms with E-state index in [1.54, 1.807) is 7.11 Å². The first kappa shape index (κ1) is 17.5. The van der Waals surface area contributed by atoms with Crippen molar-refractivity contribution in [1.82, 2.24) is 9.62 Å². The normalized spacial score (nSPS) is 21.3. The van der Waals surface area contributed by atoms with Gasteiger partial charge in [-0.1, -0.05) is 12.8 Å². The highest BCUT2D eigenvalue weighted by Gasteiger charge is 2.34. The van der Waals surface area contributed by atoms with Gasteiger partial charge in [-0.05, 0) is 24.7 Å². The van der Waals surface area contributed by atoms with Gasteiger partial charge in [-0.25, -0.2) is 17.9 Å². The number of ether oxygens (including phenoxy) is 2. The smallest absolute Gasteiger partial charge is 0.409 e. The Hall–Kier alpha value is -0.860. The lowest BCUT2D eigenvalue weighted by Gasteiger charge is -2.29. The quantitative estimate of drug-likeness (QED) is 0.679. The molecule has 128 valence electrons. The molecular formula is C14H26N2O5S. The van der Waals surface area contributed by atoms with Crippen LogP contribution in [0.2, 0.25) is 0 Å². The number of carbonyl (C=O) groups is 1. The van der Waals surface area contributed by atoms with Crippen molar-refractivity contribution >= 4 is 16.1 Å². The zero-order valence-electron chi connectivity index (χ0n) is 13.2. The molecule has 2 aliphatic rings. The monoisotopic (exact) mass is 334 g/mol. The number of nitrogens with one attached hydrogen (secondary N) is 1. The number of cyclic esters (lactones) is 1. The summed E-state index contributed by atoms with van der Waals surface area (Å²) < 4.78 is 37.0. The van der Waals surface area contributed by atoms with E-state index in [1.807, 2.05) is 0 Å². The molecule has 0 aromatic heterocycles. The number of rotatable bonds is 9. The van der Waals surface area contributed by atoms with Crippen LogP contribution >= 0.6 is 0 Å². The van der Waals surface area contributed by atoms with E-state index in [1.165, 1.54) is 4.90 Å². The number of hydrogen-bond donors (Lipinski definition) is 1. The summed E-state index contributed by atoms with van der Waals surface area (Å²) in [6, 6.07) is 0. The predicted octanol–water partition coefficient (Wildman–Crippen LogP) is 0.955. The van der Waals surface area contributed by atoms with E-state index < -0.39 is 16.1 Å². The molecule has 0 radical (unpaired) electrons. The van der Waals surface area contributed by atoms with Crippen LogP contribution in [0.1, 0.15) is 32.1 Å². The van der Waals surface area contributed by atoms with Gasteiger partial charge in [0.2, 0.25) is 10.0 Å². The van der Waals surface area contributed by atoms with E-state index in [4.69, 9.17) is 9.47 Å². The van der Waals surface area contributed by atoms with Crippen molar-refractivity contribution in [1.29, 1.82) is 0 Å². The molecule has 1 N–H and O–H groups in total. The van der Waals surface area contributed by atoms with E-state index in [9.17, 15) is 13.2 Å². The molecule has 1 saturated carbocycles. The fourth-order valence-electron chi connectivity index (χ4n) is 3.15. The third kappa shape index (κ3) is 4.82. The average Bonchev–Trinajstić information content (AvgIpc) is 3.11. The second-order valence-corrected chi connectivity index (χ2v) is 8.12. The topological polar surface area (TPSA) is 84.9 Å². The van der Waals surface area contributed by atoms with Crippen LogP contribution in [0, 0.1) is 5.41 Å². The summed E-state index contributed by atoms with van der Waals surface area (Å²) in [5.74, 6) is -0.0809. The molecule has 0 aromatic rings. The molecule has 0 bridgehead atoms. The van der Waals surface area contributed by atoms with E-state index >= 15 is 0 Å². The highest BCUT2D eigenvalue weighted by molar-refractivity contribution is 7.89. The molecule has 1 aliphatic heterocycles. The van der Waals surface area contributed by atoms with Crippen LogP contribution in [0.25, 0.3) is 0 Å². The largest absolute Gasteiger partial charge is 0.448 e. The van der Waals surface area contributed by atoms with Crippen molar-refractivity contribution in [3.63, 3.8) is 0 Å². The molecule has 0 aromatic carbocycles. The number of nitrogens with zero attached hydrogens (tertiary/aromatic N) is 1. The van der Waals surface area contributed by atoms with Crippen molar-refractivity contribution in [2.24, 2.45) is 5.41 Å². The van der Waals surface area contributed by atoms with Crippen LogP contribution < -0.4 is 4.72 Å². The van der Waals surface area contributed by atoms with E-state index in [0.29, 0.717) is 26.3 Å². The first-order chi connectivity index (χ1) is 10.5. The number of sulfonamides is 1. The van der Waals surface area contributed by atoms with Crippen molar-refractivity contribution < 1.29 is 22.7 Å². The van der Waals surface area contributed by atoms with Gasteiger partial charge in [-0.2, -0.15) is 0 Å². The maximum absolute atomic E-state index is 12.1. The van der Waals surface area contributed by atoms with E-state index in [-0.39, 0.29) is 17.7 Å². The second-order valence-electron chi connectivity index (χ2n) is 6.19. The first-order valence-electron chi connectivity index (χ1n) is 7.84. The highest BCUT2D eigenvalue weighted by Crippen LogP contribution is 2.40. The van der Waals surface area contributed by atoms with Crippen LogP contribution in [0.4, 0.5) is 4.79 Å². The Labute approximate surface area is 132 Å². The summed E-state index contributed by atoms with van der Waals surface area (Å²) >= 11 is 0. The molecule has 0 atom stereocenters.